The highest BCUT2D eigenvalue weighted by Crippen LogP contribution is 2.25. The number of halogens is 2. The van der Waals surface area contributed by atoms with E-state index in [4.69, 9.17) is 33.3 Å². The van der Waals surface area contributed by atoms with Crippen molar-refractivity contribution >= 4 is 34.6 Å². The van der Waals surface area contributed by atoms with E-state index >= 15 is 0 Å². The molecule has 2 rings (SSSR count). The van der Waals surface area contributed by atoms with E-state index in [1.807, 2.05) is 6.07 Å². The number of rotatable bonds is 5. The molecule has 0 aliphatic carbocycles. The highest BCUT2D eigenvalue weighted by atomic mass is 35.5. The Morgan fingerprint density at radius 3 is 2.35 bits per heavy atom. The number of hydrogen-bond donors (Lipinski definition) is 0. The summed E-state index contributed by atoms with van der Waals surface area (Å²) in [4.78, 5) is 15.2. The third-order valence-corrected chi connectivity index (χ3v) is 3.47. The predicted molar refractivity (Wildman–Crippen MR) is 86.5 cm³/mol. The van der Waals surface area contributed by atoms with Crippen molar-refractivity contribution in [3.8, 4) is 6.07 Å². The molecule has 0 saturated carbocycles. The van der Waals surface area contributed by atoms with E-state index in [1.165, 1.54) is 12.1 Å². The fourth-order valence-corrected chi connectivity index (χ4v) is 2.31. The van der Waals surface area contributed by atoms with Crippen molar-refractivity contribution in [2.24, 2.45) is 5.16 Å². The van der Waals surface area contributed by atoms with Gasteiger partial charge in [0.15, 0.2) is 5.71 Å². The number of benzene rings is 2. The molecule has 2 aromatic rings. The van der Waals surface area contributed by atoms with Gasteiger partial charge in [0.05, 0.1) is 20.5 Å². The molecular weight excluding hydrogens is 341 g/mol. The molecule has 0 atom stereocenters. The second-order valence-electron chi connectivity index (χ2n) is 4.35. The first-order chi connectivity index (χ1) is 11.0. The second-order valence-corrected chi connectivity index (χ2v) is 5.16. The lowest BCUT2D eigenvalue weighted by Gasteiger charge is -2.05. The van der Waals surface area contributed by atoms with Gasteiger partial charge in [0.1, 0.15) is 12.7 Å². The van der Waals surface area contributed by atoms with Crippen LogP contribution in [0.15, 0.2) is 47.6 Å². The Bertz CT molecular complexity index is 778. The minimum atomic E-state index is -0.490. The number of hydrogen-bond acceptors (Lipinski definition) is 5. The van der Waals surface area contributed by atoms with Crippen LogP contribution in [0.25, 0.3) is 0 Å². The minimum Gasteiger partial charge on any atom is -0.390 e. The molecule has 0 fully saturated rings. The van der Waals surface area contributed by atoms with Crippen molar-refractivity contribution in [3.63, 3.8) is 0 Å². The highest BCUT2D eigenvalue weighted by molar-refractivity contribution is 6.41. The van der Waals surface area contributed by atoms with E-state index < -0.39 is 4.92 Å². The van der Waals surface area contributed by atoms with Gasteiger partial charge >= 0.3 is 0 Å². The average Bonchev–Trinajstić information content (AvgIpc) is 2.53. The largest absolute Gasteiger partial charge is 0.390 e. The molecule has 0 saturated heterocycles. The normalized spacial score (nSPS) is 10.9. The van der Waals surface area contributed by atoms with Gasteiger partial charge in [-0.3, -0.25) is 10.1 Å². The van der Waals surface area contributed by atoms with Crippen molar-refractivity contribution in [1.29, 1.82) is 5.26 Å². The van der Waals surface area contributed by atoms with Crippen molar-refractivity contribution < 1.29 is 9.76 Å². The summed E-state index contributed by atoms with van der Waals surface area (Å²) < 4.78 is 0. The van der Waals surface area contributed by atoms with E-state index in [-0.39, 0.29) is 28.1 Å². The third-order valence-electron chi connectivity index (χ3n) is 2.84. The van der Waals surface area contributed by atoms with Gasteiger partial charge in [0.25, 0.3) is 5.69 Å². The first-order valence-corrected chi connectivity index (χ1v) is 7.06. The monoisotopic (exact) mass is 349 g/mol. The maximum Gasteiger partial charge on any atom is 0.269 e. The molecule has 2 aromatic carbocycles. The molecule has 0 spiro atoms. The third kappa shape index (κ3) is 4.19. The number of nitro benzene ring substituents is 1. The molecule has 116 valence electrons. The maximum absolute atomic E-state index is 10.6. The van der Waals surface area contributed by atoms with Crippen molar-refractivity contribution in [2.45, 2.75) is 6.61 Å². The van der Waals surface area contributed by atoms with Crippen LogP contribution in [-0.4, -0.2) is 10.6 Å². The van der Waals surface area contributed by atoms with E-state index in [1.54, 1.807) is 30.3 Å². The minimum absolute atomic E-state index is 0.0159. The highest BCUT2D eigenvalue weighted by Gasteiger charge is 2.13. The van der Waals surface area contributed by atoms with Crippen LogP contribution in [-0.2, 0) is 11.4 Å². The van der Waals surface area contributed by atoms with Crippen LogP contribution in [0.4, 0.5) is 5.69 Å². The van der Waals surface area contributed by atoms with E-state index in [0.29, 0.717) is 11.1 Å². The van der Waals surface area contributed by atoms with Gasteiger partial charge in [-0.2, -0.15) is 5.26 Å². The van der Waals surface area contributed by atoms with Gasteiger partial charge in [-0.05, 0) is 29.8 Å². The Labute approximate surface area is 141 Å². The number of non-ortho nitro benzene ring substituents is 1. The van der Waals surface area contributed by atoms with E-state index in [9.17, 15) is 10.1 Å². The first-order valence-electron chi connectivity index (χ1n) is 6.30. The Kier molecular flexibility index (Phi) is 5.52. The van der Waals surface area contributed by atoms with Crippen LogP contribution in [0.2, 0.25) is 10.0 Å². The summed E-state index contributed by atoms with van der Waals surface area (Å²) in [6, 6.07) is 12.5. The van der Waals surface area contributed by atoms with Crippen LogP contribution in [0, 0.1) is 21.4 Å². The molecule has 6 nitrogen and oxygen atoms in total. The zero-order valence-electron chi connectivity index (χ0n) is 11.6. The lowest BCUT2D eigenvalue weighted by Crippen LogP contribution is -2.01. The van der Waals surface area contributed by atoms with Crippen LogP contribution < -0.4 is 0 Å². The quantitative estimate of drug-likeness (QED) is 0.456. The van der Waals surface area contributed by atoms with Crippen LogP contribution in [0.5, 0.6) is 0 Å². The van der Waals surface area contributed by atoms with Gasteiger partial charge < -0.3 is 4.84 Å². The molecule has 0 aliphatic heterocycles. The van der Waals surface area contributed by atoms with Crippen molar-refractivity contribution in [2.75, 3.05) is 0 Å². The number of nitrogens with zero attached hydrogens (tertiary/aromatic N) is 3. The standard InChI is InChI=1S/C15H9Cl2N3O3/c16-12-2-1-3-13(17)15(12)14(8-18)19-23-9-10-4-6-11(7-5-10)20(21)22/h1-7H,9H2. The molecule has 0 N–H and O–H groups in total. The lowest BCUT2D eigenvalue weighted by atomic mass is 10.1. The summed E-state index contributed by atoms with van der Waals surface area (Å²) >= 11 is 12.0. The molecular formula is C15H9Cl2N3O3. The Hall–Kier alpha value is -2.62. The molecule has 0 heterocycles. The summed E-state index contributed by atoms with van der Waals surface area (Å²) in [6.07, 6.45) is 0. The van der Waals surface area contributed by atoms with Crippen LogP contribution in [0.1, 0.15) is 11.1 Å². The fraction of sp³-hybridized carbons (Fsp3) is 0.0667. The number of nitriles is 1. The number of oxime groups is 1. The molecule has 0 radical (unpaired) electrons. The SMILES string of the molecule is N#CC(=NOCc1ccc([N+](=O)[O-])cc1)c1c(Cl)cccc1Cl. The first kappa shape index (κ1) is 16.7. The molecule has 0 unspecified atom stereocenters. The summed E-state index contributed by atoms with van der Waals surface area (Å²) in [5.74, 6) is 0. The zero-order chi connectivity index (χ0) is 16.8. The molecule has 23 heavy (non-hydrogen) atoms. The molecule has 8 heteroatoms. The van der Waals surface area contributed by atoms with Gasteiger partial charge in [0, 0.05) is 12.1 Å². The van der Waals surface area contributed by atoms with Crippen LogP contribution in [0.3, 0.4) is 0 Å². The Morgan fingerprint density at radius 2 is 1.83 bits per heavy atom. The lowest BCUT2D eigenvalue weighted by molar-refractivity contribution is -0.384. The molecule has 0 aliphatic rings. The second kappa shape index (κ2) is 7.58. The molecule has 0 bridgehead atoms. The van der Waals surface area contributed by atoms with Gasteiger partial charge in [0.2, 0.25) is 0 Å². The average molecular weight is 350 g/mol. The topological polar surface area (TPSA) is 88.5 Å². The summed E-state index contributed by atoms with van der Waals surface area (Å²) in [7, 11) is 0. The summed E-state index contributed by atoms with van der Waals surface area (Å²) in [5, 5.41) is 24.1. The molecule has 0 amide bonds. The number of nitro groups is 1. The summed E-state index contributed by atoms with van der Waals surface area (Å²) in [6.45, 7) is 0.0469. The van der Waals surface area contributed by atoms with Crippen molar-refractivity contribution in [3.05, 3.63) is 73.8 Å². The molecule has 0 aromatic heterocycles. The Morgan fingerprint density at radius 1 is 1.22 bits per heavy atom. The van der Waals surface area contributed by atoms with E-state index in [2.05, 4.69) is 5.16 Å². The zero-order valence-corrected chi connectivity index (χ0v) is 13.1. The fourth-order valence-electron chi connectivity index (χ4n) is 1.73. The van der Waals surface area contributed by atoms with E-state index in [0.717, 1.165) is 0 Å². The smallest absolute Gasteiger partial charge is 0.269 e. The predicted octanol–water partition coefficient (Wildman–Crippen LogP) is 4.35. The maximum atomic E-state index is 10.6. The Balaban J connectivity index is 2.12. The van der Waals surface area contributed by atoms with Gasteiger partial charge in [-0.1, -0.05) is 34.4 Å². The van der Waals surface area contributed by atoms with Gasteiger partial charge in [-0.15, -0.1) is 0 Å². The summed E-state index contributed by atoms with van der Waals surface area (Å²) in [5.41, 5.74) is 0.893. The van der Waals surface area contributed by atoms with Crippen LogP contribution >= 0.6 is 23.2 Å². The van der Waals surface area contributed by atoms with Gasteiger partial charge in [-0.25, -0.2) is 0 Å². The van der Waals surface area contributed by atoms with Crippen molar-refractivity contribution in [1.82, 2.24) is 0 Å².